The first kappa shape index (κ1) is 17.9. The van der Waals surface area contributed by atoms with Crippen LogP contribution in [-0.2, 0) is 9.63 Å². The fourth-order valence-electron chi connectivity index (χ4n) is 3.90. The van der Waals surface area contributed by atoms with E-state index < -0.39 is 0 Å². The Kier molecular flexibility index (Phi) is 4.67. The number of nitrogens with zero attached hydrogens (tertiary/aromatic N) is 1. The van der Waals surface area contributed by atoms with Crippen LogP contribution in [0.15, 0.2) is 65.6 Å². The molecule has 4 nitrogen and oxygen atoms in total. The monoisotopic (exact) mass is 411 g/mol. The normalized spacial score (nSPS) is 20.5. The molecule has 1 amide bonds. The number of amides is 1. The second-order valence-electron chi connectivity index (χ2n) is 6.97. The molecule has 2 heterocycles. The highest BCUT2D eigenvalue weighted by Gasteiger charge is 2.44. The lowest BCUT2D eigenvalue weighted by Gasteiger charge is -2.32. The van der Waals surface area contributed by atoms with Crippen LogP contribution in [0.2, 0.25) is 5.02 Å². The summed E-state index contributed by atoms with van der Waals surface area (Å²) in [6, 6.07) is 19.7. The van der Waals surface area contributed by atoms with Crippen molar-refractivity contribution in [3.63, 3.8) is 0 Å². The molecular formula is C22H18ClNO3S. The van der Waals surface area contributed by atoms with Crippen LogP contribution in [0.4, 0.5) is 0 Å². The van der Waals surface area contributed by atoms with Crippen LogP contribution in [0.5, 0.6) is 5.75 Å². The molecule has 0 saturated carbocycles. The molecule has 0 unspecified atom stereocenters. The van der Waals surface area contributed by atoms with E-state index in [1.54, 1.807) is 5.06 Å². The third kappa shape index (κ3) is 3.13. The minimum atomic E-state index is -0.117. The summed E-state index contributed by atoms with van der Waals surface area (Å²) < 4.78 is 5.98. The van der Waals surface area contributed by atoms with Gasteiger partial charge in [-0.2, -0.15) is 0 Å². The van der Waals surface area contributed by atoms with Crippen LogP contribution in [0.1, 0.15) is 11.6 Å². The summed E-state index contributed by atoms with van der Waals surface area (Å²) >= 11 is 7.42. The van der Waals surface area contributed by atoms with E-state index in [0.717, 1.165) is 27.0 Å². The number of ether oxygens (including phenoxy) is 1. The Morgan fingerprint density at radius 3 is 2.75 bits per heavy atom. The fraction of sp³-hybridized carbons (Fsp3) is 0.227. The number of carbonyl (C=O) groups excluding carboxylic acids is 1. The average Bonchev–Trinajstić information content (AvgIpc) is 3.17. The van der Waals surface area contributed by atoms with Gasteiger partial charge in [-0.05, 0) is 41.1 Å². The van der Waals surface area contributed by atoms with Crippen molar-refractivity contribution in [3.05, 3.63) is 71.2 Å². The van der Waals surface area contributed by atoms with Crippen LogP contribution >= 0.6 is 23.4 Å². The van der Waals surface area contributed by atoms with Crippen molar-refractivity contribution in [3.8, 4) is 5.75 Å². The molecule has 0 aromatic heterocycles. The van der Waals surface area contributed by atoms with Gasteiger partial charge < -0.3 is 4.74 Å². The lowest BCUT2D eigenvalue weighted by Crippen LogP contribution is -2.36. The predicted molar refractivity (Wildman–Crippen MR) is 111 cm³/mol. The molecule has 3 aromatic rings. The first-order valence-corrected chi connectivity index (χ1v) is 10.5. The molecule has 0 bridgehead atoms. The number of benzene rings is 3. The third-order valence-corrected chi connectivity index (χ3v) is 6.48. The SMILES string of the molecule is O=C(CSc1ccc(Cl)cc1)N1OC[C@@H]2COc3ccc4ccccc4c3[C@@H]21. The van der Waals surface area contributed by atoms with E-state index in [9.17, 15) is 4.79 Å². The molecule has 28 heavy (non-hydrogen) atoms. The lowest BCUT2D eigenvalue weighted by molar-refractivity contribution is -0.174. The van der Waals surface area contributed by atoms with Crippen LogP contribution in [0.25, 0.3) is 10.8 Å². The highest BCUT2D eigenvalue weighted by molar-refractivity contribution is 8.00. The molecule has 1 saturated heterocycles. The highest BCUT2D eigenvalue weighted by atomic mass is 35.5. The molecule has 0 radical (unpaired) electrons. The Morgan fingerprint density at radius 1 is 1.07 bits per heavy atom. The van der Waals surface area contributed by atoms with E-state index in [-0.39, 0.29) is 17.9 Å². The second-order valence-corrected chi connectivity index (χ2v) is 8.46. The molecule has 6 heteroatoms. The minimum absolute atomic E-state index is 0.0340. The van der Waals surface area contributed by atoms with Crippen LogP contribution in [0.3, 0.4) is 0 Å². The Hall–Kier alpha value is -2.21. The van der Waals surface area contributed by atoms with Gasteiger partial charge in [0.1, 0.15) is 5.75 Å². The smallest absolute Gasteiger partial charge is 0.257 e. The molecule has 2 aliphatic heterocycles. The molecule has 2 aliphatic rings. The minimum Gasteiger partial charge on any atom is -0.493 e. The maximum absolute atomic E-state index is 13.0. The van der Waals surface area contributed by atoms with Gasteiger partial charge in [0.15, 0.2) is 0 Å². The number of hydrogen-bond donors (Lipinski definition) is 0. The molecule has 5 rings (SSSR count). The topological polar surface area (TPSA) is 38.8 Å². The van der Waals surface area contributed by atoms with E-state index in [0.29, 0.717) is 24.0 Å². The van der Waals surface area contributed by atoms with Gasteiger partial charge in [-0.15, -0.1) is 11.8 Å². The summed E-state index contributed by atoms with van der Waals surface area (Å²) in [5.41, 5.74) is 1.05. The number of rotatable bonds is 3. The van der Waals surface area contributed by atoms with Gasteiger partial charge in [0, 0.05) is 21.4 Å². The van der Waals surface area contributed by atoms with Crippen LogP contribution in [-0.4, -0.2) is 29.9 Å². The zero-order valence-electron chi connectivity index (χ0n) is 15.0. The van der Waals surface area contributed by atoms with Crippen LogP contribution < -0.4 is 4.74 Å². The Labute approximate surface area is 172 Å². The van der Waals surface area contributed by atoms with Gasteiger partial charge in [-0.1, -0.05) is 41.9 Å². The van der Waals surface area contributed by atoms with E-state index in [1.165, 1.54) is 11.8 Å². The number of thioether (sulfide) groups is 1. The van der Waals surface area contributed by atoms with Gasteiger partial charge in [0.05, 0.1) is 25.0 Å². The van der Waals surface area contributed by atoms with E-state index in [1.807, 2.05) is 42.5 Å². The van der Waals surface area contributed by atoms with E-state index in [4.69, 9.17) is 21.2 Å². The largest absolute Gasteiger partial charge is 0.493 e. The maximum Gasteiger partial charge on any atom is 0.257 e. The van der Waals surface area contributed by atoms with Crippen molar-refractivity contribution in [2.45, 2.75) is 10.9 Å². The summed E-state index contributed by atoms with van der Waals surface area (Å²) in [6.07, 6.45) is 0. The molecule has 2 atom stereocenters. The summed E-state index contributed by atoms with van der Waals surface area (Å²) in [5.74, 6) is 1.26. The van der Waals surface area contributed by atoms with Crippen LogP contribution in [0, 0.1) is 5.92 Å². The quantitative estimate of drug-likeness (QED) is 0.561. The zero-order valence-corrected chi connectivity index (χ0v) is 16.6. The van der Waals surface area contributed by atoms with Gasteiger partial charge >= 0.3 is 0 Å². The number of fused-ring (bicyclic) bond motifs is 5. The van der Waals surface area contributed by atoms with Crippen molar-refractivity contribution < 1.29 is 14.4 Å². The Balaban J connectivity index is 1.43. The fourth-order valence-corrected chi connectivity index (χ4v) is 4.77. The van der Waals surface area contributed by atoms with Gasteiger partial charge in [-0.25, -0.2) is 5.06 Å². The predicted octanol–water partition coefficient (Wildman–Crippen LogP) is 5.11. The molecule has 142 valence electrons. The highest BCUT2D eigenvalue weighted by Crippen LogP contribution is 2.46. The summed E-state index contributed by atoms with van der Waals surface area (Å²) in [5, 5.41) is 4.51. The lowest BCUT2D eigenvalue weighted by atomic mass is 9.88. The zero-order chi connectivity index (χ0) is 19.1. The number of hydroxylamine groups is 2. The van der Waals surface area contributed by atoms with E-state index >= 15 is 0 Å². The van der Waals surface area contributed by atoms with Crippen molar-refractivity contribution in [1.29, 1.82) is 0 Å². The van der Waals surface area contributed by atoms with Gasteiger partial charge in [0.25, 0.3) is 5.91 Å². The van der Waals surface area contributed by atoms with Crippen molar-refractivity contribution in [2.75, 3.05) is 19.0 Å². The molecule has 0 spiro atoms. The first-order valence-electron chi connectivity index (χ1n) is 9.18. The van der Waals surface area contributed by atoms with Crippen molar-refractivity contribution >= 4 is 40.0 Å². The van der Waals surface area contributed by atoms with Gasteiger partial charge in [0.2, 0.25) is 0 Å². The molecule has 0 N–H and O–H groups in total. The van der Waals surface area contributed by atoms with Crippen molar-refractivity contribution in [2.24, 2.45) is 5.92 Å². The second kappa shape index (κ2) is 7.32. The Morgan fingerprint density at radius 2 is 1.89 bits per heavy atom. The maximum atomic E-state index is 13.0. The standard InChI is InChI=1S/C22H18ClNO3S/c23-16-6-8-17(9-7-16)28-13-20(25)24-22-15(12-27-24)11-26-19-10-5-14-3-1-2-4-18(14)21(19)22/h1-10,15,22H,11-13H2/t15-,22+/m0/s1. The van der Waals surface area contributed by atoms with E-state index in [2.05, 4.69) is 18.2 Å². The first-order chi connectivity index (χ1) is 13.7. The van der Waals surface area contributed by atoms with Gasteiger partial charge in [-0.3, -0.25) is 9.63 Å². The summed E-state index contributed by atoms with van der Waals surface area (Å²) in [6.45, 7) is 1.05. The molecular weight excluding hydrogens is 394 g/mol. The number of hydrogen-bond acceptors (Lipinski definition) is 4. The average molecular weight is 412 g/mol. The van der Waals surface area contributed by atoms with Crippen molar-refractivity contribution in [1.82, 2.24) is 5.06 Å². The number of halogens is 1. The summed E-state index contributed by atoms with van der Waals surface area (Å²) in [4.78, 5) is 19.8. The molecule has 0 aliphatic carbocycles. The number of carbonyl (C=O) groups is 1. The molecule has 3 aromatic carbocycles. The molecule has 1 fully saturated rings. The Bertz CT molecular complexity index is 1040. The summed E-state index contributed by atoms with van der Waals surface area (Å²) in [7, 11) is 0. The third-order valence-electron chi connectivity index (χ3n) is 5.23.